The van der Waals surface area contributed by atoms with Crippen molar-refractivity contribution in [3.63, 3.8) is 0 Å². The predicted octanol–water partition coefficient (Wildman–Crippen LogP) is 3.48. The number of hydrogen-bond acceptors (Lipinski definition) is 7. The molecule has 0 heterocycles. The van der Waals surface area contributed by atoms with Crippen LogP contribution in [-0.2, 0) is 27.6 Å². The molecule has 9 heteroatoms. The first-order chi connectivity index (χ1) is 12.8. The maximum atomic E-state index is 11.9. The van der Waals surface area contributed by atoms with Gasteiger partial charge in [0.1, 0.15) is 5.75 Å². The van der Waals surface area contributed by atoms with E-state index in [4.69, 9.17) is 22.2 Å². The van der Waals surface area contributed by atoms with Crippen molar-refractivity contribution >= 4 is 18.9 Å². The Morgan fingerprint density at radius 1 is 0.889 bits per heavy atom. The van der Waals surface area contributed by atoms with Gasteiger partial charge < -0.3 is 18.0 Å². The second-order valence-electron chi connectivity index (χ2n) is 5.93. The molecule has 0 aliphatic carbocycles. The Labute approximate surface area is 164 Å². The number of rotatable bonds is 14. The van der Waals surface area contributed by atoms with Crippen LogP contribution in [0.5, 0.6) is 5.75 Å². The van der Waals surface area contributed by atoms with Gasteiger partial charge in [-0.25, -0.2) is 0 Å². The molecule has 0 N–H and O–H groups in total. The van der Waals surface area contributed by atoms with Gasteiger partial charge in [0.2, 0.25) is 0 Å². The molecule has 1 unspecified atom stereocenters. The van der Waals surface area contributed by atoms with Crippen molar-refractivity contribution in [2.45, 2.75) is 45.6 Å². The zero-order valence-corrected chi connectivity index (χ0v) is 18.7. The summed E-state index contributed by atoms with van der Waals surface area (Å²) in [5.74, 6) is 0.738. The van der Waals surface area contributed by atoms with Gasteiger partial charge in [-0.1, -0.05) is 6.92 Å². The fraction of sp³-hybridized carbons (Fsp3) is 0.667. The molecule has 0 bridgehead atoms. The molecule has 0 saturated heterocycles. The highest BCUT2D eigenvalue weighted by molar-refractivity contribution is 7.86. The molecule has 0 amide bonds. The second-order valence-corrected chi connectivity index (χ2v) is 10.2. The van der Waals surface area contributed by atoms with E-state index in [0.29, 0.717) is 38.2 Å². The number of benzene rings is 1. The molecule has 1 rings (SSSR count). The molecule has 0 aliphatic rings. The van der Waals surface area contributed by atoms with Crippen LogP contribution in [0.25, 0.3) is 0 Å². The summed E-state index contributed by atoms with van der Waals surface area (Å²) in [5.41, 5.74) is 0. The quantitative estimate of drug-likeness (QED) is 0.337. The van der Waals surface area contributed by atoms with E-state index in [1.165, 1.54) is 12.1 Å². The van der Waals surface area contributed by atoms with Crippen molar-refractivity contribution in [2.75, 3.05) is 33.0 Å². The standard InChI is InChI=1S/C18H32O7SSi/c1-6-22-26(19,20)18-12-10-17(11-13-18)21-14-16(5)15-27(23-7-2,24-8-3)25-9-4/h10-13,16H,6-9,14-15H2,1-5H3. The van der Waals surface area contributed by atoms with Crippen LogP contribution >= 0.6 is 0 Å². The van der Waals surface area contributed by atoms with E-state index in [9.17, 15) is 8.42 Å². The molecule has 0 aromatic heterocycles. The first kappa shape index (κ1) is 24.1. The molecule has 27 heavy (non-hydrogen) atoms. The highest BCUT2D eigenvalue weighted by atomic mass is 32.2. The van der Waals surface area contributed by atoms with Gasteiger partial charge in [-0.3, -0.25) is 4.18 Å². The van der Waals surface area contributed by atoms with Gasteiger partial charge in [0, 0.05) is 25.9 Å². The van der Waals surface area contributed by atoms with Gasteiger partial charge in [-0.05, 0) is 57.9 Å². The Morgan fingerprint density at radius 3 is 1.85 bits per heavy atom. The van der Waals surface area contributed by atoms with Gasteiger partial charge in [-0.15, -0.1) is 0 Å². The lowest BCUT2D eigenvalue weighted by atomic mass is 10.2. The van der Waals surface area contributed by atoms with E-state index in [1.807, 2.05) is 27.7 Å². The summed E-state index contributed by atoms with van der Waals surface area (Å²) in [6, 6.07) is 6.85. The van der Waals surface area contributed by atoms with E-state index in [1.54, 1.807) is 19.1 Å². The summed E-state index contributed by atoms with van der Waals surface area (Å²) < 4.78 is 51.9. The number of hydrogen-bond donors (Lipinski definition) is 0. The molecule has 1 aromatic rings. The lowest BCUT2D eigenvalue weighted by molar-refractivity contribution is 0.0651. The molecule has 7 nitrogen and oxygen atoms in total. The molecule has 0 saturated carbocycles. The van der Waals surface area contributed by atoms with Crippen molar-refractivity contribution in [1.82, 2.24) is 0 Å². The van der Waals surface area contributed by atoms with Crippen molar-refractivity contribution < 1.29 is 30.6 Å². The third kappa shape index (κ3) is 7.88. The first-order valence-electron chi connectivity index (χ1n) is 9.36. The molecule has 156 valence electrons. The van der Waals surface area contributed by atoms with Gasteiger partial charge in [-0.2, -0.15) is 8.42 Å². The molecule has 0 spiro atoms. The number of ether oxygens (including phenoxy) is 1. The summed E-state index contributed by atoms with van der Waals surface area (Å²) >= 11 is 0. The minimum Gasteiger partial charge on any atom is -0.493 e. The van der Waals surface area contributed by atoms with Crippen LogP contribution in [0.3, 0.4) is 0 Å². The lowest BCUT2D eigenvalue weighted by Crippen LogP contribution is -2.47. The summed E-state index contributed by atoms with van der Waals surface area (Å²) in [7, 11) is -6.42. The Morgan fingerprint density at radius 2 is 1.41 bits per heavy atom. The van der Waals surface area contributed by atoms with Crippen molar-refractivity contribution in [2.24, 2.45) is 5.92 Å². The maximum absolute atomic E-state index is 11.9. The highest BCUT2D eigenvalue weighted by Crippen LogP contribution is 2.23. The minimum absolute atomic E-state index is 0.100. The van der Waals surface area contributed by atoms with E-state index >= 15 is 0 Å². The zero-order valence-electron chi connectivity index (χ0n) is 16.9. The first-order valence-corrected chi connectivity index (χ1v) is 12.7. The minimum atomic E-state index is -3.70. The Bertz CT molecular complexity index is 617. The van der Waals surface area contributed by atoms with E-state index in [0.717, 1.165) is 0 Å². The van der Waals surface area contributed by atoms with Crippen LogP contribution in [0.4, 0.5) is 0 Å². The van der Waals surface area contributed by atoms with E-state index in [-0.39, 0.29) is 17.4 Å². The molecule has 1 aromatic carbocycles. The highest BCUT2D eigenvalue weighted by Gasteiger charge is 2.41. The fourth-order valence-electron chi connectivity index (χ4n) is 2.61. The summed E-state index contributed by atoms with van der Waals surface area (Å²) in [5, 5.41) is 0. The Kier molecular flexibility index (Phi) is 10.5. The van der Waals surface area contributed by atoms with Gasteiger partial charge >= 0.3 is 8.80 Å². The Balaban J connectivity index is 2.68. The molecule has 1 atom stereocenters. The van der Waals surface area contributed by atoms with Gasteiger partial charge in [0.05, 0.1) is 18.1 Å². The fourth-order valence-corrected chi connectivity index (χ4v) is 6.42. The van der Waals surface area contributed by atoms with E-state index < -0.39 is 18.9 Å². The van der Waals surface area contributed by atoms with Crippen molar-refractivity contribution in [3.8, 4) is 5.75 Å². The average molecular weight is 421 g/mol. The van der Waals surface area contributed by atoms with Crippen LogP contribution < -0.4 is 4.74 Å². The third-order valence-corrected chi connectivity index (χ3v) is 8.39. The average Bonchev–Trinajstić information content (AvgIpc) is 2.61. The topological polar surface area (TPSA) is 80.3 Å². The largest absolute Gasteiger partial charge is 0.501 e. The van der Waals surface area contributed by atoms with Crippen LogP contribution in [-0.4, -0.2) is 50.3 Å². The Hall–Kier alpha value is -0.973. The van der Waals surface area contributed by atoms with Crippen LogP contribution in [0.2, 0.25) is 6.04 Å². The predicted molar refractivity (Wildman–Crippen MR) is 105 cm³/mol. The van der Waals surface area contributed by atoms with E-state index in [2.05, 4.69) is 0 Å². The normalized spacial score (nSPS) is 13.5. The van der Waals surface area contributed by atoms with Gasteiger partial charge in [0.15, 0.2) is 0 Å². The lowest BCUT2D eigenvalue weighted by Gasteiger charge is -2.30. The zero-order chi connectivity index (χ0) is 20.3. The summed E-state index contributed by atoms with van der Waals surface area (Å²) in [6.07, 6.45) is 0. The van der Waals surface area contributed by atoms with Crippen LogP contribution in [0, 0.1) is 5.92 Å². The molecular formula is C18H32O7SSi. The second kappa shape index (κ2) is 11.8. The van der Waals surface area contributed by atoms with Crippen molar-refractivity contribution in [3.05, 3.63) is 24.3 Å². The van der Waals surface area contributed by atoms with Crippen LogP contribution in [0.1, 0.15) is 34.6 Å². The SMILES string of the molecule is CCO[Si](CC(C)COc1ccc(S(=O)(=O)OCC)cc1)(OCC)OCC. The van der Waals surface area contributed by atoms with Gasteiger partial charge in [0.25, 0.3) is 10.1 Å². The molecular weight excluding hydrogens is 388 g/mol. The summed E-state index contributed by atoms with van der Waals surface area (Å²) in [6.45, 7) is 11.6. The monoisotopic (exact) mass is 420 g/mol. The smallest absolute Gasteiger partial charge is 0.493 e. The molecule has 0 aliphatic heterocycles. The summed E-state index contributed by atoms with van der Waals surface area (Å²) in [4.78, 5) is 0.111. The molecule has 0 radical (unpaired) electrons. The van der Waals surface area contributed by atoms with Crippen molar-refractivity contribution in [1.29, 1.82) is 0 Å². The van der Waals surface area contributed by atoms with Crippen LogP contribution in [0.15, 0.2) is 29.2 Å². The molecule has 0 fully saturated rings. The maximum Gasteiger partial charge on any atom is 0.501 e. The third-order valence-electron chi connectivity index (χ3n) is 3.61.